The van der Waals surface area contributed by atoms with Crippen LogP contribution in [-0.2, 0) is 5.60 Å². The van der Waals surface area contributed by atoms with Gasteiger partial charge in [-0.05, 0) is 36.1 Å². The minimum absolute atomic E-state index is 0.617. The number of nitrogens with one attached hydrogen (secondary N) is 1. The molecule has 0 aromatic heterocycles. The van der Waals surface area contributed by atoms with Crippen LogP contribution in [-0.4, -0.2) is 17.7 Å². The topological polar surface area (TPSA) is 32.3 Å². The van der Waals surface area contributed by atoms with Crippen LogP contribution >= 0.6 is 0 Å². The van der Waals surface area contributed by atoms with Gasteiger partial charge in [-0.2, -0.15) is 0 Å². The molecule has 1 aliphatic carbocycles. The van der Waals surface area contributed by atoms with Crippen LogP contribution in [0, 0.1) is 0 Å². The first-order valence-corrected chi connectivity index (χ1v) is 6.61. The molecular weight excluding hydrogens is 222 g/mol. The molecule has 1 atom stereocenters. The minimum atomic E-state index is -0.816. The summed E-state index contributed by atoms with van der Waals surface area (Å²) in [4.78, 5) is 0. The lowest BCUT2D eigenvalue weighted by atomic mass is 9.91. The molecule has 1 aliphatic rings. The first-order valence-electron chi connectivity index (χ1n) is 6.61. The van der Waals surface area contributed by atoms with E-state index < -0.39 is 5.60 Å². The summed E-state index contributed by atoms with van der Waals surface area (Å²) in [6.07, 6.45) is 2.48. The highest BCUT2D eigenvalue weighted by atomic mass is 16.3. The normalized spacial score (nSPS) is 18.8. The Labute approximate surface area is 108 Å². The van der Waals surface area contributed by atoms with Crippen molar-refractivity contribution in [2.45, 2.75) is 31.4 Å². The monoisotopic (exact) mass is 241 g/mol. The van der Waals surface area contributed by atoms with Crippen molar-refractivity contribution >= 4 is 10.8 Å². The summed E-state index contributed by atoms with van der Waals surface area (Å²) in [5.74, 6) is 0. The van der Waals surface area contributed by atoms with Gasteiger partial charge in [-0.25, -0.2) is 0 Å². The number of benzene rings is 2. The molecule has 2 aromatic carbocycles. The van der Waals surface area contributed by atoms with Gasteiger partial charge in [-0.1, -0.05) is 42.5 Å². The third-order valence-electron chi connectivity index (χ3n) is 3.68. The van der Waals surface area contributed by atoms with Gasteiger partial charge in [0.1, 0.15) is 0 Å². The van der Waals surface area contributed by atoms with Gasteiger partial charge >= 0.3 is 0 Å². The van der Waals surface area contributed by atoms with Crippen molar-refractivity contribution in [3.8, 4) is 0 Å². The molecule has 0 spiro atoms. The molecule has 1 unspecified atom stereocenters. The highest BCUT2D eigenvalue weighted by Crippen LogP contribution is 2.29. The van der Waals surface area contributed by atoms with E-state index in [0.717, 1.165) is 10.9 Å². The molecule has 0 bridgehead atoms. The lowest BCUT2D eigenvalue weighted by molar-refractivity contribution is 0.0581. The predicted octanol–water partition coefficient (Wildman–Crippen LogP) is 2.80. The molecule has 2 N–H and O–H groups in total. The molecule has 18 heavy (non-hydrogen) atoms. The maximum Gasteiger partial charge on any atom is 0.0998 e. The summed E-state index contributed by atoms with van der Waals surface area (Å²) in [6.45, 7) is 2.51. The van der Waals surface area contributed by atoms with Gasteiger partial charge in [0.2, 0.25) is 0 Å². The fourth-order valence-corrected chi connectivity index (χ4v) is 2.42. The van der Waals surface area contributed by atoms with Crippen LogP contribution in [0.2, 0.25) is 0 Å². The molecule has 94 valence electrons. The highest BCUT2D eigenvalue weighted by molar-refractivity contribution is 5.86. The molecule has 0 aliphatic heterocycles. The molecule has 3 rings (SSSR count). The van der Waals surface area contributed by atoms with Crippen LogP contribution in [0.3, 0.4) is 0 Å². The first kappa shape index (κ1) is 11.7. The molecule has 0 radical (unpaired) electrons. The molecule has 2 heteroatoms. The van der Waals surface area contributed by atoms with E-state index in [0.29, 0.717) is 12.6 Å². The van der Waals surface area contributed by atoms with Gasteiger partial charge in [0, 0.05) is 12.6 Å². The summed E-state index contributed by atoms with van der Waals surface area (Å²) in [6, 6.07) is 15.0. The fraction of sp³-hybridized carbons (Fsp3) is 0.375. The second-order valence-corrected chi connectivity index (χ2v) is 5.46. The Morgan fingerprint density at radius 3 is 2.67 bits per heavy atom. The molecule has 2 nitrogen and oxygen atoms in total. The number of rotatable bonds is 4. The zero-order chi connectivity index (χ0) is 12.6. The van der Waals surface area contributed by atoms with E-state index in [4.69, 9.17) is 0 Å². The molecule has 1 saturated carbocycles. The van der Waals surface area contributed by atoms with E-state index in [1.807, 2.05) is 31.2 Å². The quantitative estimate of drug-likeness (QED) is 0.862. The molecular formula is C16H19NO. The Morgan fingerprint density at radius 1 is 1.17 bits per heavy atom. The van der Waals surface area contributed by atoms with Gasteiger partial charge in [-0.15, -0.1) is 0 Å². The van der Waals surface area contributed by atoms with E-state index in [-0.39, 0.29) is 0 Å². The molecule has 1 fully saturated rings. The summed E-state index contributed by atoms with van der Waals surface area (Å²) in [5.41, 5.74) is 0.192. The molecule has 2 aromatic rings. The second-order valence-electron chi connectivity index (χ2n) is 5.46. The van der Waals surface area contributed by atoms with Gasteiger partial charge < -0.3 is 10.4 Å². The Hall–Kier alpha value is -1.38. The zero-order valence-corrected chi connectivity index (χ0v) is 10.7. The molecule has 0 saturated heterocycles. The van der Waals surface area contributed by atoms with Gasteiger partial charge in [-0.3, -0.25) is 0 Å². The average molecular weight is 241 g/mol. The third-order valence-corrected chi connectivity index (χ3v) is 3.68. The Kier molecular flexibility index (Phi) is 2.84. The number of hydrogen-bond donors (Lipinski definition) is 2. The maximum absolute atomic E-state index is 10.7. The van der Waals surface area contributed by atoms with E-state index >= 15 is 0 Å². The number of fused-ring (bicyclic) bond motifs is 1. The third kappa shape index (κ3) is 2.26. The van der Waals surface area contributed by atoms with Crippen molar-refractivity contribution in [3.05, 3.63) is 48.0 Å². The highest BCUT2D eigenvalue weighted by Gasteiger charge is 2.28. The molecule has 0 amide bonds. The van der Waals surface area contributed by atoms with Crippen molar-refractivity contribution < 1.29 is 5.11 Å². The Bertz CT molecular complexity index is 553. The van der Waals surface area contributed by atoms with Crippen molar-refractivity contribution in [2.75, 3.05) is 6.54 Å². The standard InChI is InChI=1S/C16H19NO/c1-16(18,11-17-13-9-10-13)15-8-4-6-12-5-2-3-7-14(12)15/h2-8,13,17-18H,9-11H2,1H3. The van der Waals surface area contributed by atoms with E-state index in [2.05, 4.69) is 23.5 Å². The van der Waals surface area contributed by atoms with Crippen LogP contribution in [0.4, 0.5) is 0 Å². The van der Waals surface area contributed by atoms with Crippen LogP contribution in [0.5, 0.6) is 0 Å². The summed E-state index contributed by atoms with van der Waals surface area (Å²) < 4.78 is 0. The van der Waals surface area contributed by atoms with Gasteiger partial charge in [0.25, 0.3) is 0 Å². The van der Waals surface area contributed by atoms with Crippen molar-refractivity contribution in [1.29, 1.82) is 0 Å². The van der Waals surface area contributed by atoms with Crippen molar-refractivity contribution in [2.24, 2.45) is 0 Å². The van der Waals surface area contributed by atoms with Gasteiger partial charge in [0.05, 0.1) is 5.60 Å². The van der Waals surface area contributed by atoms with Crippen LogP contribution < -0.4 is 5.32 Å². The second kappa shape index (κ2) is 4.38. The Morgan fingerprint density at radius 2 is 1.89 bits per heavy atom. The van der Waals surface area contributed by atoms with Crippen LogP contribution in [0.1, 0.15) is 25.3 Å². The maximum atomic E-state index is 10.7. The zero-order valence-electron chi connectivity index (χ0n) is 10.7. The van der Waals surface area contributed by atoms with E-state index in [1.54, 1.807) is 0 Å². The van der Waals surface area contributed by atoms with E-state index in [9.17, 15) is 5.11 Å². The molecule has 0 heterocycles. The predicted molar refractivity (Wildman–Crippen MR) is 74.5 cm³/mol. The van der Waals surface area contributed by atoms with Crippen molar-refractivity contribution in [3.63, 3.8) is 0 Å². The number of aliphatic hydroxyl groups is 1. The van der Waals surface area contributed by atoms with Crippen molar-refractivity contribution in [1.82, 2.24) is 5.32 Å². The van der Waals surface area contributed by atoms with E-state index in [1.165, 1.54) is 18.2 Å². The summed E-state index contributed by atoms with van der Waals surface area (Å²) in [7, 11) is 0. The first-order chi connectivity index (χ1) is 8.67. The average Bonchev–Trinajstić information content (AvgIpc) is 3.20. The lowest BCUT2D eigenvalue weighted by Crippen LogP contribution is -2.36. The Balaban J connectivity index is 1.95. The summed E-state index contributed by atoms with van der Waals surface area (Å²) >= 11 is 0. The SMILES string of the molecule is CC(O)(CNC1CC1)c1cccc2ccccc12. The lowest BCUT2D eigenvalue weighted by Gasteiger charge is -2.26. The van der Waals surface area contributed by atoms with Gasteiger partial charge in [0.15, 0.2) is 0 Å². The van der Waals surface area contributed by atoms with Crippen LogP contribution in [0.25, 0.3) is 10.8 Å². The van der Waals surface area contributed by atoms with Crippen LogP contribution in [0.15, 0.2) is 42.5 Å². The fourth-order valence-electron chi connectivity index (χ4n) is 2.42. The largest absolute Gasteiger partial charge is 0.384 e. The summed E-state index contributed by atoms with van der Waals surface area (Å²) in [5, 5.41) is 16.4. The smallest absolute Gasteiger partial charge is 0.0998 e. The minimum Gasteiger partial charge on any atom is -0.384 e. The number of hydrogen-bond acceptors (Lipinski definition) is 2.